The van der Waals surface area contributed by atoms with E-state index in [9.17, 15) is 43.8 Å². The number of hydrogen-bond acceptors (Lipinski definition) is 11. The number of amides is 5. The van der Waals surface area contributed by atoms with Gasteiger partial charge in [-0.05, 0) is 12.8 Å². The van der Waals surface area contributed by atoms with E-state index in [2.05, 4.69) is 21.3 Å². The van der Waals surface area contributed by atoms with Crippen LogP contribution in [0.4, 0.5) is 0 Å². The van der Waals surface area contributed by atoms with Crippen molar-refractivity contribution in [3.8, 4) is 0 Å². The molecule has 0 aliphatic heterocycles. The summed E-state index contributed by atoms with van der Waals surface area (Å²) in [5, 5.41) is 47.2. The summed E-state index contributed by atoms with van der Waals surface area (Å²) < 4.78 is 5.31. The number of carbonyl (C=O) groups excluding carboxylic acids is 6. The fourth-order valence-corrected chi connectivity index (χ4v) is 3.26. The van der Waals surface area contributed by atoms with Gasteiger partial charge in [-0.2, -0.15) is 0 Å². The summed E-state index contributed by atoms with van der Waals surface area (Å²) in [6.45, 7) is 2.73. The first-order valence-corrected chi connectivity index (χ1v) is 12.9. The van der Waals surface area contributed by atoms with E-state index in [0.29, 0.717) is 0 Å². The molecule has 0 rings (SSSR count). The molecule has 0 saturated heterocycles. The van der Waals surface area contributed by atoms with E-state index in [0.717, 1.165) is 0 Å². The number of aliphatic hydroxyl groups excluding tert-OH is 3. The Bertz CT molecular complexity index is 915. The van der Waals surface area contributed by atoms with Gasteiger partial charge >= 0.3 is 5.97 Å². The number of aldehydes is 1. The highest BCUT2D eigenvalue weighted by atomic mass is 16.5. The third-order valence-electron chi connectivity index (χ3n) is 5.70. The van der Waals surface area contributed by atoms with Crippen LogP contribution in [0.2, 0.25) is 0 Å². The quantitative estimate of drug-likeness (QED) is 0.0573. The zero-order valence-corrected chi connectivity index (χ0v) is 23.2. The van der Waals surface area contributed by atoms with Gasteiger partial charge in [0, 0.05) is 18.9 Å². The Hall–Kier alpha value is -3.67. The molecule has 0 spiro atoms. The number of rotatable bonds is 21. The highest BCUT2D eigenvalue weighted by Gasteiger charge is 2.36. The maximum absolute atomic E-state index is 12.7. The molecule has 6 atom stereocenters. The van der Waals surface area contributed by atoms with E-state index in [1.54, 1.807) is 0 Å². The predicted molar refractivity (Wildman–Crippen MR) is 140 cm³/mol. The van der Waals surface area contributed by atoms with Crippen molar-refractivity contribution in [1.82, 2.24) is 21.3 Å². The second-order valence-corrected chi connectivity index (χ2v) is 9.37. The second kappa shape index (κ2) is 19.4. The molecule has 5 amide bonds. The van der Waals surface area contributed by atoms with Crippen molar-refractivity contribution in [2.75, 3.05) is 19.8 Å². The number of aliphatic hydroxyl groups is 3. The van der Waals surface area contributed by atoms with E-state index >= 15 is 0 Å². The van der Waals surface area contributed by atoms with Crippen LogP contribution in [0.3, 0.4) is 0 Å². The van der Waals surface area contributed by atoms with Crippen LogP contribution < -0.4 is 27.0 Å². The minimum atomic E-state index is -1.89. The predicted octanol–water partition coefficient (Wildman–Crippen LogP) is -4.34. The van der Waals surface area contributed by atoms with Crippen molar-refractivity contribution in [3.63, 3.8) is 0 Å². The number of carboxylic acids is 1. The van der Waals surface area contributed by atoms with Gasteiger partial charge in [-0.15, -0.1) is 0 Å². The SMILES string of the molecule is CCC(NC(=O)CO[C@@H]([C@H](O)[C@H](O)CO)[C@H](C=O)NC(=O)C(C)C)C(=O)NC(CCC(=O)NCCC(=O)O)C(N)=O. The number of ether oxygens (including phenoxy) is 1. The van der Waals surface area contributed by atoms with Crippen molar-refractivity contribution in [3.05, 3.63) is 0 Å². The van der Waals surface area contributed by atoms with E-state index in [1.807, 2.05) is 0 Å². The summed E-state index contributed by atoms with van der Waals surface area (Å²) in [5.74, 6) is -5.50. The van der Waals surface area contributed by atoms with Crippen LogP contribution in [0.1, 0.15) is 46.5 Å². The smallest absolute Gasteiger partial charge is 0.305 e. The van der Waals surface area contributed by atoms with Crippen LogP contribution in [0.5, 0.6) is 0 Å². The lowest BCUT2D eigenvalue weighted by Crippen LogP contribution is -2.56. The molecule has 0 bridgehead atoms. The Labute approximate surface area is 236 Å². The van der Waals surface area contributed by atoms with Crippen molar-refractivity contribution in [1.29, 1.82) is 0 Å². The molecule has 0 heterocycles. The molecule has 0 aliphatic rings. The standard InChI is InChI=1S/C24H41N5O12/c1-4-13(24(40)28-14(22(25)38)5-6-17(33)26-8-7-19(35)36)27-18(34)11-41-21(20(37)16(32)10-31)15(9-30)29-23(39)12(2)3/h9,12-16,20-21,31-32,37H,4-8,10-11H2,1-3H3,(H2,25,38)(H,26,33)(H,27,34)(H,28,40)(H,29,39)(H,35,36)/t13?,14?,15-,16+,20+,21+/m0/s1. The van der Waals surface area contributed by atoms with Crippen LogP contribution in [-0.2, 0) is 38.3 Å². The maximum Gasteiger partial charge on any atom is 0.305 e. The van der Waals surface area contributed by atoms with Gasteiger partial charge in [-0.1, -0.05) is 20.8 Å². The summed E-state index contributed by atoms with van der Waals surface area (Å²) in [6, 6.07) is -3.99. The molecule has 2 unspecified atom stereocenters. The van der Waals surface area contributed by atoms with Crippen LogP contribution in [0.25, 0.3) is 0 Å². The topological polar surface area (TPSA) is 284 Å². The first-order chi connectivity index (χ1) is 19.2. The Balaban J connectivity index is 5.25. The average molecular weight is 592 g/mol. The van der Waals surface area contributed by atoms with Crippen LogP contribution >= 0.6 is 0 Å². The Morgan fingerprint density at radius 1 is 0.927 bits per heavy atom. The van der Waals surface area contributed by atoms with Crippen LogP contribution in [0, 0.1) is 5.92 Å². The molecule has 0 aliphatic carbocycles. The highest BCUT2D eigenvalue weighted by Crippen LogP contribution is 2.10. The first-order valence-electron chi connectivity index (χ1n) is 12.9. The van der Waals surface area contributed by atoms with Gasteiger partial charge < -0.3 is 57.0 Å². The van der Waals surface area contributed by atoms with Crippen molar-refractivity contribution >= 4 is 41.8 Å². The lowest BCUT2D eigenvalue weighted by Gasteiger charge is -2.31. The largest absolute Gasteiger partial charge is 0.481 e. The molecule has 17 nitrogen and oxygen atoms in total. The molecule has 0 saturated carbocycles. The molecule has 0 aromatic heterocycles. The van der Waals surface area contributed by atoms with Gasteiger partial charge in [0.25, 0.3) is 0 Å². The minimum absolute atomic E-state index is 0.0371. The molecule has 0 aromatic rings. The van der Waals surface area contributed by atoms with E-state index < -0.39 is 91.1 Å². The fraction of sp³-hybridized carbons (Fsp3) is 0.708. The number of nitrogens with one attached hydrogen (secondary N) is 4. The third kappa shape index (κ3) is 14.5. The minimum Gasteiger partial charge on any atom is -0.481 e. The number of aliphatic carboxylic acids is 1. The van der Waals surface area contributed by atoms with Crippen LogP contribution in [-0.4, -0.2) is 118 Å². The highest BCUT2D eigenvalue weighted by molar-refractivity contribution is 5.92. The number of hydrogen-bond donors (Lipinski definition) is 9. The average Bonchev–Trinajstić information content (AvgIpc) is 2.91. The lowest BCUT2D eigenvalue weighted by molar-refractivity contribution is -0.147. The normalized spacial score (nSPS) is 15.4. The monoisotopic (exact) mass is 591 g/mol. The molecule has 0 fully saturated rings. The summed E-state index contributed by atoms with van der Waals surface area (Å²) in [7, 11) is 0. The van der Waals surface area contributed by atoms with Gasteiger partial charge in [0.1, 0.15) is 49.3 Å². The van der Waals surface area contributed by atoms with E-state index in [-0.39, 0.29) is 38.5 Å². The molecule has 234 valence electrons. The molecule has 10 N–H and O–H groups in total. The summed E-state index contributed by atoms with van der Waals surface area (Å²) in [5.41, 5.74) is 5.30. The Morgan fingerprint density at radius 2 is 1.56 bits per heavy atom. The van der Waals surface area contributed by atoms with Gasteiger partial charge in [0.05, 0.1) is 13.0 Å². The number of carbonyl (C=O) groups is 7. The molecule has 41 heavy (non-hydrogen) atoms. The Kier molecular flexibility index (Phi) is 17.7. The number of primary amides is 1. The molecule has 0 aromatic carbocycles. The molecule has 0 radical (unpaired) electrons. The van der Waals surface area contributed by atoms with Gasteiger partial charge in [0.15, 0.2) is 0 Å². The summed E-state index contributed by atoms with van der Waals surface area (Å²) in [6.07, 6.45) is -5.80. The lowest BCUT2D eigenvalue weighted by atomic mass is 10.0. The van der Waals surface area contributed by atoms with Gasteiger partial charge in [0.2, 0.25) is 29.5 Å². The zero-order valence-electron chi connectivity index (χ0n) is 23.2. The Morgan fingerprint density at radius 3 is 2.05 bits per heavy atom. The number of carboxylic acid groups (broad SMARTS) is 1. The van der Waals surface area contributed by atoms with Gasteiger partial charge in [-0.25, -0.2) is 0 Å². The number of nitrogens with two attached hydrogens (primary N) is 1. The molecular formula is C24H41N5O12. The first kappa shape index (κ1) is 37.3. The maximum atomic E-state index is 12.7. The summed E-state index contributed by atoms with van der Waals surface area (Å²) in [4.78, 5) is 83.0. The third-order valence-corrected chi connectivity index (χ3v) is 5.70. The molecule has 17 heteroatoms. The van der Waals surface area contributed by atoms with Crippen LogP contribution in [0.15, 0.2) is 0 Å². The molecular weight excluding hydrogens is 550 g/mol. The van der Waals surface area contributed by atoms with Crippen molar-refractivity contribution in [2.24, 2.45) is 11.7 Å². The fourth-order valence-electron chi connectivity index (χ4n) is 3.26. The van der Waals surface area contributed by atoms with E-state index in [1.165, 1.54) is 20.8 Å². The van der Waals surface area contributed by atoms with E-state index in [4.69, 9.17) is 20.7 Å². The summed E-state index contributed by atoms with van der Waals surface area (Å²) >= 11 is 0. The van der Waals surface area contributed by atoms with Crippen molar-refractivity contribution < 1.29 is 58.7 Å². The van der Waals surface area contributed by atoms with Gasteiger partial charge in [-0.3, -0.25) is 28.8 Å². The second-order valence-electron chi connectivity index (χ2n) is 9.37. The zero-order chi connectivity index (χ0) is 31.7. The van der Waals surface area contributed by atoms with Crippen molar-refractivity contribution in [2.45, 2.75) is 82.9 Å².